The molecule has 0 unspecified atom stereocenters. The highest BCUT2D eigenvalue weighted by molar-refractivity contribution is 5.80. The zero-order valence-corrected chi connectivity index (χ0v) is 14.4. The predicted molar refractivity (Wildman–Crippen MR) is 97.3 cm³/mol. The maximum atomic E-state index is 13.2. The lowest BCUT2D eigenvalue weighted by molar-refractivity contribution is 0.370. The van der Waals surface area contributed by atoms with Crippen molar-refractivity contribution in [3.8, 4) is 0 Å². The van der Waals surface area contributed by atoms with Crippen molar-refractivity contribution in [3.05, 3.63) is 54.1 Å². The van der Waals surface area contributed by atoms with Gasteiger partial charge in [-0.05, 0) is 30.2 Å². The third kappa shape index (κ3) is 4.65. The van der Waals surface area contributed by atoms with Gasteiger partial charge in [0.05, 0.1) is 0 Å². The van der Waals surface area contributed by atoms with Crippen molar-refractivity contribution in [2.75, 3.05) is 44.7 Å². The van der Waals surface area contributed by atoms with Crippen LogP contribution >= 0.6 is 0 Å². The second kappa shape index (κ2) is 8.41. The van der Waals surface area contributed by atoms with E-state index < -0.39 is 0 Å². The lowest BCUT2D eigenvalue weighted by Gasteiger charge is -2.36. The lowest BCUT2D eigenvalue weighted by atomic mass is 10.1. The van der Waals surface area contributed by atoms with Crippen LogP contribution in [0.4, 0.5) is 10.3 Å². The summed E-state index contributed by atoms with van der Waals surface area (Å²) in [5.41, 5.74) is 0.981. The summed E-state index contributed by atoms with van der Waals surface area (Å²) in [7, 11) is 1.79. The molecule has 25 heavy (non-hydrogen) atoms. The predicted octanol–water partition coefficient (Wildman–Crippen LogP) is 1.56. The minimum atomic E-state index is -0.193. The van der Waals surface area contributed by atoms with Crippen LogP contribution in [0.2, 0.25) is 0 Å². The second-order valence-corrected chi connectivity index (χ2v) is 5.88. The van der Waals surface area contributed by atoms with Crippen LogP contribution in [0.25, 0.3) is 0 Å². The fraction of sp³-hybridized carbons (Fsp3) is 0.389. The van der Waals surface area contributed by atoms with Crippen molar-refractivity contribution in [2.24, 2.45) is 4.99 Å². The van der Waals surface area contributed by atoms with Gasteiger partial charge in [0.1, 0.15) is 5.82 Å². The molecule has 1 N–H and O–H groups in total. The largest absolute Gasteiger partial charge is 0.356 e. The molecule has 7 heteroatoms. The van der Waals surface area contributed by atoms with E-state index in [1.54, 1.807) is 31.6 Å². The van der Waals surface area contributed by atoms with Crippen LogP contribution in [0.1, 0.15) is 5.56 Å². The quantitative estimate of drug-likeness (QED) is 0.675. The van der Waals surface area contributed by atoms with E-state index in [4.69, 9.17) is 0 Å². The van der Waals surface area contributed by atoms with Crippen LogP contribution in [-0.4, -0.2) is 60.6 Å². The summed E-state index contributed by atoms with van der Waals surface area (Å²) in [5.74, 6) is 1.46. The first-order valence-electron chi connectivity index (χ1n) is 8.48. The molecular weight excluding hydrogens is 319 g/mol. The number of guanidine groups is 1. The Balaban J connectivity index is 1.48. The third-order valence-electron chi connectivity index (χ3n) is 4.21. The highest BCUT2D eigenvalue weighted by atomic mass is 19.1. The fourth-order valence-electron chi connectivity index (χ4n) is 2.92. The van der Waals surface area contributed by atoms with Gasteiger partial charge in [0.25, 0.3) is 0 Å². The Morgan fingerprint density at radius 2 is 1.92 bits per heavy atom. The first kappa shape index (κ1) is 17.1. The van der Waals surface area contributed by atoms with Crippen molar-refractivity contribution in [3.63, 3.8) is 0 Å². The molecule has 0 amide bonds. The van der Waals surface area contributed by atoms with Gasteiger partial charge in [-0.15, -0.1) is 0 Å². The molecule has 1 aliphatic heterocycles. The van der Waals surface area contributed by atoms with E-state index in [1.165, 1.54) is 6.07 Å². The molecule has 1 aromatic heterocycles. The molecule has 0 saturated carbocycles. The van der Waals surface area contributed by atoms with E-state index in [0.29, 0.717) is 0 Å². The standard InChI is InChI=1S/C18H23FN6/c1-20-17(23-9-6-15-4-2-5-16(19)14-15)24-10-12-25(13-11-24)18-21-7-3-8-22-18/h2-5,7-8,14H,6,9-13H2,1H3,(H,20,23). The highest BCUT2D eigenvalue weighted by Crippen LogP contribution is 2.10. The topological polar surface area (TPSA) is 56.7 Å². The molecule has 1 saturated heterocycles. The fourth-order valence-corrected chi connectivity index (χ4v) is 2.92. The van der Waals surface area contributed by atoms with E-state index in [2.05, 4.69) is 30.1 Å². The number of rotatable bonds is 4. The number of aliphatic imine (C=N–C) groups is 1. The molecule has 1 fully saturated rings. The van der Waals surface area contributed by atoms with Crippen LogP contribution in [-0.2, 0) is 6.42 Å². The molecule has 0 bridgehead atoms. The monoisotopic (exact) mass is 342 g/mol. The Hall–Kier alpha value is -2.70. The molecular formula is C18H23FN6. The number of piperazine rings is 1. The van der Waals surface area contributed by atoms with Crippen molar-refractivity contribution in [1.29, 1.82) is 0 Å². The number of anilines is 1. The van der Waals surface area contributed by atoms with E-state index >= 15 is 0 Å². The van der Waals surface area contributed by atoms with Gasteiger partial charge in [-0.1, -0.05) is 12.1 Å². The number of hydrogen-bond acceptors (Lipinski definition) is 4. The third-order valence-corrected chi connectivity index (χ3v) is 4.21. The molecule has 2 heterocycles. The van der Waals surface area contributed by atoms with Crippen LogP contribution in [0, 0.1) is 5.82 Å². The minimum Gasteiger partial charge on any atom is -0.356 e. The van der Waals surface area contributed by atoms with Gasteiger partial charge in [0.15, 0.2) is 5.96 Å². The summed E-state index contributed by atoms with van der Waals surface area (Å²) in [6, 6.07) is 8.54. The van der Waals surface area contributed by atoms with Crippen molar-refractivity contribution in [2.45, 2.75) is 6.42 Å². The maximum Gasteiger partial charge on any atom is 0.225 e. The maximum absolute atomic E-state index is 13.2. The number of hydrogen-bond donors (Lipinski definition) is 1. The molecule has 0 radical (unpaired) electrons. The molecule has 0 atom stereocenters. The molecule has 6 nitrogen and oxygen atoms in total. The first-order chi connectivity index (χ1) is 12.3. The Bertz CT molecular complexity index is 698. The number of nitrogens with one attached hydrogen (secondary N) is 1. The number of halogens is 1. The summed E-state index contributed by atoms with van der Waals surface area (Å²) in [5, 5.41) is 3.37. The molecule has 2 aromatic rings. The van der Waals surface area contributed by atoms with Gasteiger partial charge >= 0.3 is 0 Å². The number of benzene rings is 1. The van der Waals surface area contributed by atoms with Crippen LogP contribution in [0.5, 0.6) is 0 Å². The zero-order valence-electron chi connectivity index (χ0n) is 14.4. The van der Waals surface area contributed by atoms with Gasteiger partial charge < -0.3 is 15.1 Å². The van der Waals surface area contributed by atoms with Gasteiger partial charge in [0, 0.05) is 52.2 Å². The normalized spacial score (nSPS) is 15.4. The molecule has 0 spiro atoms. The summed E-state index contributed by atoms with van der Waals surface area (Å²) >= 11 is 0. The second-order valence-electron chi connectivity index (χ2n) is 5.88. The van der Waals surface area contributed by atoms with Gasteiger partial charge in [0.2, 0.25) is 5.95 Å². The Labute approximate surface area is 147 Å². The van der Waals surface area contributed by atoms with Crippen molar-refractivity contribution in [1.82, 2.24) is 20.2 Å². The average Bonchev–Trinajstić information content (AvgIpc) is 2.66. The van der Waals surface area contributed by atoms with Gasteiger partial charge in [-0.3, -0.25) is 4.99 Å². The van der Waals surface area contributed by atoms with E-state index in [9.17, 15) is 4.39 Å². The minimum absolute atomic E-state index is 0.193. The summed E-state index contributed by atoms with van der Waals surface area (Å²) in [4.78, 5) is 17.4. The lowest BCUT2D eigenvalue weighted by Crippen LogP contribution is -2.53. The summed E-state index contributed by atoms with van der Waals surface area (Å²) in [6.07, 6.45) is 4.29. The van der Waals surface area contributed by atoms with Gasteiger partial charge in [-0.2, -0.15) is 0 Å². The number of nitrogens with zero attached hydrogens (tertiary/aromatic N) is 5. The zero-order chi connectivity index (χ0) is 17.5. The van der Waals surface area contributed by atoms with Crippen molar-refractivity contribution < 1.29 is 4.39 Å². The van der Waals surface area contributed by atoms with Gasteiger partial charge in [-0.25, -0.2) is 14.4 Å². The summed E-state index contributed by atoms with van der Waals surface area (Å²) in [6.45, 7) is 4.15. The summed E-state index contributed by atoms with van der Waals surface area (Å²) < 4.78 is 13.2. The molecule has 3 rings (SSSR count). The molecule has 1 aliphatic rings. The molecule has 1 aromatic carbocycles. The Kier molecular flexibility index (Phi) is 5.77. The number of aromatic nitrogens is 2. The Morgan fingerprint density at radius 1 is 1.16 bits per heavy atom. The first-order valence-corrected chi connectivity index (χ1v) is 8.48. The van der Waals surface area contributed by atoms with Crippen LogP contribution in [0.3, 0.4) is 0 Å². The molecule has 132 valence electrons. The smallest absolute Gasteiger partial charge is 0.225 e. The molecule has 0 aliphatic carbocycles. The average molecular weight is 342 g/mol. The van der Waals surface area contributed by atoms with Crippen LogP contribution < -0.4 is 10.2 Å². The van der Waals surface area contributed by atoms with E-state index in [-0.39, 0.29) is 5.82 Å². The van der Waals surface area contributed by atoms with E-state index in [1.807, 2.05) is 12.1 Å². The SMILES string of the molecule is CN=C(NCCc1cccc(F)c1)N1CCN(c2ncccn2)CC1. The van der Waals surface area contributed by atoms with Crippen molar-refractivity contribution >= 4 is 11.9 Å². The van der Waals surface area contributed by atoms with Crippen LogP contribution in [0.15, 0.2) is 47.7 Å². The van der Waals surface area contributed by atoms with E-state index in [0.717, 1.165) is 56.6 Å². The Morgan fingerprint density at radius 3 is 2.60 bits per heavy atom. The highest BCUT2D eigenvalue weighted by Gasteiger charge is 2.20.